The van der Waals surface area contributed by atoms with Gasteiger partial charge in [0.1, 0.15) is 10.7 Å². The first-order valence-electron chi connectivity index (χ1n) is 8.28. The minimum absolute atomic E-state index is 0.0198. The van der Waals surface area contributed by atoms with E-state index in [-0.39, 0.29) is 11.5 Å². The van der Waals surface area contributed by atoms with Crippen molar-refractivity contribution < 1.29 is 0 Å². The first-order valence-corrected chi connectivity index (χ1v) is 9.09. The fraction of sp³-hybridized carbons (Fsp3) is 0.389. The molecule has 0 fully saturated rings. The van der Waals surface area contributed by atoms with Crippen molar-refractivity contribution in [1.29, 1.82) is 0 Å². The van der Waals surface area contributed by atoms with Crippen molar-refractivity contribution >= 4 is 21.6 Å². The zero-order valence-corrected chi connectivity index (χ0v) is 14.7. The fourth-order valence-electron chi connectivity index (χ4n) is 3.13. The van der Waals surface area contributed by atoms with Crippen LogP contribution in [-0.4, -0.2) is 26.4 Å². The molecule has 1 aliphatic heterocycles. The van der Waals surface area contributed by atoms with Crippen molar-refractivity contribution in [2.75, 3.05) is 6.54 Å². The van der Waals surface area contributed by atoms with Gasteiger partial charge in [-0.1, -0.05) is 19.9 Å². The van der Waals surface area contributed by atoms with Crippen LogP contribution in [-0.2, 0) is 19.5 Å². The summed E-state index contributed by atoms with van der Waals surface area (Å²) in [5, 5.41) is 1.19. The largest absolute Gasteiger partial charge is 0.310 e. The zero-order valence-electron chi connectivity index (χ0n) is 13.9. The maximum atomic E-state index is 12.4. The lowest BCUT2D eigenvalue weighted by atomic mass is 10.1. The standard InChI is InChI=1S/C18H20N4OS/c1-11(2)16-20-15-5-7-22(10-14(15)17(23)21-16)9-13-8-12-4-3-6-19-18(12)24-13/h3-4,6,8,11H,5,7,9-10H2,1-2H3,(H,20,21,23). The Bertz CT molecular complexity index is 911. The van der Waals surface area contributed by atoms with Crippen molar-refractivity contribution in [3.8, 4) is 0 Å². The number of fused-ring (bicyclic) bond motifs is 2. The summed E-state index contributed by atoms with van der Waals surface area (Å²) in [4.78, 5) is 29.1. The number of hydrogen-bond donors (Lipinski definition) is 1. The quantitative estimate of drug-likeness (QED) is 0.796. The van der Waals surface area contributed by atoms with E-state index in [9.17, 15) is 4.79 Å². The summed E-state index contributed by atoms with van der Waals surface area (Å²) in [6, 6.07) is 6.26. The van der Waals surface area contributed by atoms with E-state index in [4.69, 9.17) is 0 Å². The van der Waals surface area contributed by atoms with Crippen LogP contribution in [0.3, 0.4) is 0 Å². The van der Waals surface area contributed by atoms with E-state index in [2.05, 4.69) is 45.8 Å². The van der Waals surface area contributed by atoms with Gasteiger partial charge in [-0.15, -0.1) is 11.3 Å². The Kier molecular flexibility index (Phi) is 3.94. The highest BCUT2D eigenvalue weighted by atomic mass is 32.1. The summed E-state index contributed by atoms with van der Waals surface area (Å²) in [6.07, 6.45) is 2.67. The second-order valence-electron chi connectivity index (χ2n) is 6.60. The lowest BCUT2D eigenvalue weighted by Crippen LogP contribution is -2.35. The Morgan fingerprint density at radius 1 is 1.42 bits per heavy atom. The van der Waals surface area contributed by atoms with Crippen LogP contribution >= 0.6 is 11.3 Å². The molecule has 3 aromatic rings. The van der Waals surface area contributed by atoms with Gasteiger partial charge in [0.2, 0.25) is 0 Å². The molecule has 124 valence electrons. The number of nitrogens with zero attached hydrogens (tertiary/aromatic N) is 3. The van der Waals surface area contributed by atoms with E-state index in [1.165, 1.54) is 10.3 Å². The molecular formula is C18H20N4OS. The van der Waals surface area contributed by atoms with Gasteiger partial charge in [0.25, 0.3) is 5.56 Å². The Morgan fingerprint density at radius 3 is 3.08 bits per heavy atom. The van der Waals surface area contributed by atoms with Crippen LogP contribution in [0.15, 0.2) is 29.2 Å². The molecule has 4 heterocycles. The highest BCUT2D eigenvalue weighted by molar-refractivity contribution is 7.18. The van der Waals surface area contributed by atoms with Crippen molar-refractivity contribution in [3.05, 3.63) is 56.7 Å². The molecule has 4 rings (SSSR count). The van der Waals surface area contributed by atoms with Crippen molar-refractivity contribution in [2.45, 2.75) is 39.3 Å². The van der Waals surface area contributed by atoms with Crippen LogP contribution in [0.4, 0.5) is 0 Å². The number of pyridine rings is 1. The van der Waals surface area contributed by atoms with Gasteiger partial charge >= 0.3 is 0 Å². The Hall–Kier alpha value is -2.05. The Morgan fingerprint density at radius 2 is 2.29 bits per heavy atom. The lowest BCUT2D eigenvalue weighted by molar-refractivity contribution is 0.243. The molecule has 0 spiro atoms. The van der Waals surface area contributed by atoms with Crippen molar-refractivity contribution in [1.82, 2.24) is 19.9 Å². The summed E-state index contributed by atoms with van der Waals surface area (Å²) in [7, 11) is 0. The molecule has 0 atom stereocenters. The minimum atomic E-state index is 0.0198. The SMILES string of the molecule is CC(C)c1nc2c(c(=O)[nH]1)CN(Cc1cc3cccnc3s1)CC2. The van der Waals surface area contributed by atoms with E-state index in [1.54, 1.807) is 11.3 Å². The number of aromatic amines is 1. The number of thiophene rings is 1. The van der Waals surface area contributed by atoms with Crippen LogP contribution in [0, 0.1) is 0 Å². The maximum absolute atomic E-state index is 12.4. The minimum Gasteiger partial charge on any atom is -0.310 e. The van der Waals surface area contributed by atoms with E-state index in [0.717, 1.165) is 41.4 Å². The third-order valence-corrected chi connectivity index (χ3v) is 5.48. The second-order valence-corrected chi connectivity index (χ2v) is 7.72. The van der Waals surface area contributed by atoms with Gasteiger partial charge in [-0.05, 0) is 12.1 Å². The summed E-state index contributed by atoms with van der Waals surface area (Å²) >= 11 is 1.73. The Labute approximate surface area is 144 Å². The van der Waals surface area contributed by atoms with Gasteiger partial charge in [0.05, 0.1) is 11.3 Å². The fourth-order valence-corrected chi connectivity index (χ4v) is 4.17. The number of rotatable bonds is 3. The molecule has 0 aliphatic carbocycles. The third kappa shape index (κ3) is 2.87. The summed E-state index contributed by atoms with van der Waals surface area (Å²) in [5.41, 5.74) is 1.81. The molecule has 0 radical (unpaired) electrons. The van der Waals surface area contributed by atoms with Crippen molar-refractivity contribution in [2.24, 2.45) is 0 Å². The molecule has 0 unspecified atom stereocenters. The molecule has 0 aromatic carbocycles. The molecule has 0 bridgehead atoms. The maximum Gasteiger partial charge on any atom is 0.255 e. The van der Waals surface area contributed by atoms with Gasteiger partial charge < -0.3 is 4.98 Å². The van der Waals surface area contributed by atoms with Crippen molar-refractivity contribution in [3.63, 3.8) is 0 Å². The lowest BCUT2D eigenvalue weighted by Gasteiger charge is -2.27. The predicted octanol–water partition coefficient (Wildman–Crippen LogP) is 3.06. The average molecular weight is 340 g/mol. The van der Waals surface area contributed by atoms with Crippen LogP contribution < -0.4 is 5.56 Å². The predicted molar refractivity (Wildman–Crippen MR) is 96.4 cm³/mol. The van der Waals surface area contributed by atoms with E-state index >= 15 is 0 Å². The third-order valence-electron chi connectivity index (χ3n) is 4.44. The second kappa shape index (κ2) is 6.11. The molecule has 6 heteroatoms. The summed E-state index contributed by atoms with van der Waals surface area (Å²) in [6.45, 7) is 6.55. The topological polar surface area (TPSA) is 61.9 Å². The normalized spacial score (nSPS) is 15.1. The average Bonchev–Trinajstić information content (AvgIpc) is 2.97. The molecule has 3 aromatic heterocycles. The highest BCUT2D eigenvalue weighted by Crippen LogP contribution is 2.26. The zero-order chi connectivity index (χ0) is 16.7. The summed E-state index contributed by atoms with van der Waals surface area (Å²) in [5.74, 6) is 1.04. The number of aromatic nitrogens is 3. The van der Waals surface area contributed by atoms with E-state index in [1.807, 2.05) is 12.3 Å². The number of nitrogens with one attached hydrogen (secondary N) is 1. The van der Waals surface area contributed by atoms with Crippen LogP contribution in [0.1, 0.15) is 41.7 Å². The molecule has 0 saturated carbocycles. The molecular weight excluding hydrogens is 320 g/mol. The smallest absolute Gasteiger partial charge is 0.255 e. The molecule has 5 nitrogen and oxygen atoms in total. The van der Waals surface area contributed by atoms with E-state index in [0.29, 0.717) is 6.54 Å². The molecule has 0 saturated heterocycles. The van der Waals surface area contributed by atoms with Gasteiger partial charge in [-0.3, -0.25) is 9.69 Å². The van der Waals surface area contributed by atoms with Gasteiger partial charge in [0.15, 0.2) is 0 Å². The van der Waals surface area contributed by atoms with Crippen LogP contribution in [0.2, 0.25) is 0 Å². The first kappa shape index (κ1) is 15.5. The van der Waals surface area contributed by atoms with Gasteiger partial charge in [0, 0.05) is 48.4 Å². The molecule has 1 N–H and O–H groups in total. The van der Waals surface area contributed by atoms with Crippen LogP contribution in [0.25, 0.3) is 10.2 Å². The first-order chi connectivity index (χ1) is 11.6. The molecule has 0 amide bonds. The molecule has 1 aliphatic rings. The number of hydrogen-bond acceptors (Lipinski definition) is 5. The van der Waals surface area contributed by atoms with Gasteiger partial charge in [-0.2, -0.15) is 0 Å². The number of H-pyrrole nitrogens is 1. The van der Waals surface area contributed by atoms with Crippen LogP contribution in [0.5, 0.6) is 0 Å². The van der Waals surface area contributed by atoms with Gasteiger partial charge in [-0.25, -0.2) is 9.97 Å². The Balaban J connectivity index is 1.57. The highest BCUT2D eigenvalue weighted by Gasteiger charge is 2.22. The van der Waals surface area contributed by atoms with E-state index < -0.39 is 0 Å². The molecule has 24 heavy (non-hydrogen) atoms. The monoisotopic (exact) mass is 340 g/mol. The summed E-state index contributed by atoms with van der Waals surface area (Å²) < 4.78 is 0.